The van der Waals surface area contributed by atoms with Gasteiger partial charge in [0.1, 0.15) is 0 Å². The number of unbranched alkanes of at least 4 members (excludes halogenated alkanes) is 6. The Morgan fingerprint density at radius 3 is 1.64 bits per heavy atom. The van der Waals surface area contributed by atoms with Crippen LogP contribution >= 0.6 is 34.8 Å². The van der Waals surface area contributed by atoms with Gasteiger partial charge >= 0.3 is 0 Å². The fourth-order valence-corrected chi connectivity index (χ4v) is 1.68. The summed E-state index contributed by atoms with van der Waals surface area (Å²) in [6.45, 7) is 2.23. The first-order chi connectivity index (χ1) is 6.06. The summed E-state index contributed by atoms with van der Waals surface area (Å²) in [7, 11) is 0. The Kier molecular flexibility index (Phi) is 14.2. The second kappa shape index (κ2) is 11.1. The van der Waals surface area contributed by atoms with Crippen LogP contribution in [0.2, 0.25) is 0 Å². The Balaban J connectivity index is 0. The van der Waals surface area contributed by atoms with Crippen molar-refractivity contribution >= 4 is 34.8 Å². The molecule has 0 aromatic carbocycles. The molecule has 0 aliphatic rings. The summed E-state index contributed by atoms with van der Waals surface area (Å²) in [6.07, 6.45) is 9.52. The molecule has 0 unspecified atom stereocenters. The third-order valence-corrected chi connectivity index (χ3v) is 2.63. The maximum Gasteiger partial charge on any atom is 0.190 e. The van der Waals surface area contributed by atoms with Crippen LogP contribution < -0.4 is 0 Å². The maximum absolute atomic E-state index is 5.63. The minimum atomic E-state index is -1.04. The van der Waals surface area contributed by atoms with Crippen LogP contribution in [0.4, 0.5) is 0 Å². The van der Waals surface area contributed by atoms with Crippen molar-refractivity contribution in [1.82, 2.24) is 0 Å². The molecule has 0 aliphatic heterocycles. The Hall–Kier alpha value is 1.58. The Morgan fingerprint density at radius 2 is 1.21 bits per heavy atom. The number of halogens is 3. The van der Waals surface area contributed by atoms with Gasteiger partial charge in [-0.15, -0.1) is 0 Å². The average Bonchev–Trinajstić information content (AvgIpc) is 2.01. The van der Waals surface area contributed by atoms with Crippen LogP contribution in [0.25, 0.3) is 0 Å². The molecule has 0 aromatic rings. The minimum Gasteiger partial charge on any atom is -0.0837 e. The van der Waals surface area contributed by atoms with Crippen LogP contribution in [0.1, 0.15) is 58.3 Å². The maximum atomic E-state index is 5.63. The average molecular weight is 293 g/mol. The largest absolute Gasteiger partial charge is 0.190 e. The first kappa shape index (κ1) is 18.0. The zero-order valence-electron chi connectivity index (χ0n) is 8.79. The predicted molar refractivity (Wildman–Crippen MR) is 62.9 cm³/mol. The van der Waals surface area contributed by atoms with Gasteiger partial charge < -0.3 is 0 Å². The van der Waals surface area contributed by atoms with Gasteiger partial charge in [0.15, 0.2) is 3.79 Å². The van der Waals surface area contributed by atoms with E-state index >= 15 is 0 Å². The summed E-state index contributed by atoms with van der Waals surface area (Å²) in [5.74, 6) is 0. The zero-order chi connectivity index (χ0) is 10.2. The smallest absolute Gasteiger partial charge is 0.0837 e. The molecule has 0 aromatic heterocycles. The topological polar surface area (TPSA) is 0 Å². The standard InChI is InChI=1S/C10H19Cl3.Ti/c1-2-3-4-5-6-7-8-9-10(11,12)13;/h2-9H2,1H3;. The summed E-state index contributed by atoms with van der Waals surface area (Å²) in [4.78, 5) is 0. The van der Waals surface area contributed by atoms with E-state index in [1.165, 1.54) is 38.5 Å². The SMILES string of the molecule is CCCCCCCCCC(Cl)(Cl)Cl.[Ti]. The van der Waals surface area contributed by atoms with Gasteiger partial charge in [-0.2, -0.15) is 0 Å². The summed E-state index contributed by atoms with van der Waals surface area (Å²) in [6, 6.07) is 0. The van der Waals surface area contributed by atoms with E-state index in [4.69, 9.17) is 34.8 Å². The molecule has 84 valence electrons. The van der Waals surface area contributed by atoms with Crippen molar-refractivity contribution in [3.63, 3.8) is 0 Å². The van der Waals surface area contributed by atoms with E-state index in [9.17, 15) is 0 Å². The van der Waals surface area contributed by atoms with Gasteiger partial charge in [-0.3, -0.25) is 0 Å². The Morgan fingerprint density at radius 1 is 0.786 bits per heavy atom. The molecular weight excluding hydrogens is 274 g/mol. The van der Waals surface area contributed by atoms with Gasteiger partial charge in [-0.05, 0) is 12.8 Å². The zero-order valence-corrected chi connectivity index (χ0v) is 12.6. The van der Waals surface area contributed by atoms with Gasteiger partial charge in [0, 0.05) is 21.7 Å². The number of hydrogen-bond donors (Lipinski definition) is 0. The number of hydrogen-bond acceptors (Lipinski definition) is 0. The molecule has 0 atom stereocenters. The molecule has 0 nitrogen and oxygen atoms in total. The van der Waals surface area contributed by atoms with Crippen molar-refractivity contribution in [3.05, 3.63) is 0 Å². The van der Waals surface area contributed by atoms with Gasteiger partial charge in [0.2, 0.25) is 0 Å². The molecule has 0 aliphatic carbocycles. The number of alkyl halides is 3. The van der Waals surface area contributed by atoms with Crippen LogP contribution in [0.5, 0.6) is 0 Å². The Bertz CT molecular complexity index is 112. The molecule has 0 N–H and O–H groups in total. The normalized spacial score (nSPS) is 11.1. The van der Waals surface area contributed by atoms with Crippen LogP contribution in [0.15, 0.2) is 0 Å². The third-order valence-electron chi connectivity index (χ3n) is 2.06. The molecular formula is C10H19Cl3Ti. The van der Waals surface area contributed by atoms with Crippen LogP contribution in [-0.4, -0.2) is 3.79 Å². The van der Waals surface area contributed by atoms with E-state index in [0.717, 1.165) is 6.42 Å². The molecule has 0 spiro atoms. The van der Waals surface area contributed by atoms with Crippen molar-refractivity contribution in [2.45, 2.75) is 62.1 Å². The van der Waals surface area contributed by atoms with E-state index < -0.39 is 3.79 Å². The first-order valence-corrected chi connectivity index (χ1v) is 6.26. The fourth-order valence-electron chi connectivity index (χ4n) is 1.28. The minimum absolute atomic E-state index is 0. The van der Waals surface area contributed by atoms with Crippen molar-refractivity contribution in [2.75, 3.05) is 0 Å². The molecule has 0 saturated carbocycles. The van der Waals surface area contributed by atoms with Crippen LogP contribution in [0, 0.1) is 0 Å². The molecule has 4 heteroatoms. The summed E-state index contributed by atoms with van der Waals surface area (Å²) >= 11 is 16.9. The van der Waals surface area contributed by atoms with Gasteiger partial charge in [-0.1, -0.05) is 80.3 Å². The van der Waals surface area contributed by atoms with E-state index in [0.29, 0.717) is 6.42 Å². The molecule has 0 heterocycles. The molecule has 0 amide bonds. The van der Waals surface area contributed by atoms with Crippen molar-refractivity contribution < 1.29 is 21.7 Å². The van der Waals surface area contributed by atoms with Gasteiger partial charge in [0.25, 0.3) is 0 Å². The molecule has 0 fully saturated rings. The van der Waals surface area contributed by atoms with Gasteiger partial charge in [0.05, 0.1) is 0 Å². The Labute approximate surface area is 118 Å². The van der Waals surface area contributed by atoms with Crippen LogP contribution in [-0.2, 0) is 21.7 Å². The summed E-state index contributed by atoms with van der Waals surface area (Å²) in [5, 5.41) is 0. The van der Waals surface area contributed by atoms with E-state index in [-0.39, 0.29) is 21.7 Å². The second-order valence-electron chi connectivity index (χ2n) is 3.49. The van der Waals surface area contributed by atoms with E-state index in [1.807, 2.05) is 0 Å². The van der Waals surface area contributed by atoms with Crippen molar-refractivity contribution in [3.8, 4) is 0 Å². The third kappa shape index (κ3) is 16.0. The van der Waals surface area contributed by atoms with Gasteiger partial charge in [-0.25, -0.2) is 0 Å². The fraction of sp³-hybridized carbons (Fsp3) is 1.00. The summed E-state index contributed by atoms with van der Waals surface area (Å²) < 4.78 is -1.04. The predicted octanol–water partition coefficient (Wildman–Crippen LogP) is 5.49. The van der Waals surface area contributed by atoms with E-state index in [1.54, 1.807) is 0 Å². The van der Waals surface area contributed by atoms with E-state index in [2.05, 4.69) is 6.92 Å². The van der Waals surface area contributed by atoms with Crippen molar-refractivity contribution in [1.29, 1.82) is 0 Å². The molecule has 0 rings (SSSR count). The van der Waals surface area contributed by atoms with Crippen molar-refractivity contribution in [2.24, 2.45) is 0 Å². The first-order valence-electron chi connectivity index (χ1n) is 5.13. The van der Waals surface area contributed by atoms with Crippen LogP contribution in [0.3, 0.4) is 0 Å². The second-order valence-corrected chi connectivity index (χ2v) is 6.00. The molecule has 14 heavy (non-hydrogen) atoms. The quantitative estimate of drug-likeness (QED) is 0.330. The molecule has 0 radical (unpaired) electrons. The molecule has 0 saturated heterocycles. The monoisotopic (exact) mass is 292 g/mol. The summed E-state index contributed by atoms with van der Waals surface area (Å²) in [5.41, 5.74) is 0. The molecule has 0 bridgehead atoms. The number of rotatable bonds is 7.